The number of aliphatic hydroxyl groups excluding tert-OH is 2. The molecule has 0 bridgehead atoms. The number of thioether (sulfide) groups is 1. The Kier molecular flexibility index (Phi) is 21.9. The Labute approximate surface area is 347 Å². The highest BCUT2D eigenvalue weighted by molar-refractivity contribution is 8.00. The van der Waals surface area contributed by atoms with Gasteiger partial charge in [-0.1, -0.05) is 20.3 Å². The van der Waals surface area contributed by atoms with Gasteiger partial charge in [-0.05, 0) is 58.3 Å². The fourth-order valence-electron chi connectivity index (χ4n) is 6.56. The zero-order valence-electron chi connectivity index (χ0n) is 34.0. The zero-order valence-corrected chi connectivity index (χ0v) is 34.8. The van der Waals surface area contributed by atoms with Gasteiger partial charge in [0.1, 0.15) is 18.1 Å². The van der Waals surface area contributed by atoms with Gasteiger partial charge in [-0.15, -0.1) is 0 Å². The second-order valence-corrected chi connectivity index (χ2v) is 16.5. The van der Waals surface area contributed by atoms with Crippen molar-refractivity contribution in [3.8, 4) is 0 Å². The summed E-state index contributed by atoms with van der Waals surface area (Å²) >= 11 is 1.83. The van der Waals surface area contributed by atoms with E-state index in [4.69, 9.17) is 10.9 Å². The quantitative estimate of drug-likeness (QED) is 0.0165. The number of nitrogens with two attached hydrogens (primary N) is 1. The minimum Gasteiger partial charge on any atom is -0.391 e. The van der Waals surface area contributed by atoms with Gasteiger partial charge in [0, 0.05) is 36.3 Å². The summed E-state index contributed by atoms with van der Waals surface area (Å²) in [5, 5.41) is 49.9. The molecule has 14 N–H and O–H groups in total. The van der Waals surface area contributed by atoms with E-state index < -0.39 is 97.1 Å². The third-order valence-electron chi connectivity index (χ3n) is 9.68. The molecule has 2 saturated heterocycles. The molecule has 23 heteroatoms. The van der Waals surface area contributed by atoms with E-state index in [1.54, 1.807) is 13.8 Å². The molecule has 10 amide bonds. The van der Waals surface area contributed by atoms with E-state index in [1.165, 1.54) is 19.3 Å². The van der Waals surface area contributed by atoms with Gasteiger partial charge >= 0.3 is 6.03 Å². The number of carbonyl (C=O) groups excluding carboxylic acids is 9. The molecule has 9 atom stereocenters. The van der Waals surface area contributed by atoms with Gasteiger partial charge < -0.3 is 58.5 Å². The molecule has 2 aliphatic rings. The lowest BCUT2D eigenvalue weighted by molar-refractivity contribution is -0.139. The van der Waals surface area contributed by atoms with Crippen molar-refractivity contribution in [2.24, 2.45) is 17.6 Å². The van der Waals surface area contributed by atoms with Gasteiger partial charge in [0.2, 0.25) is 47.3 Å². The van der Waals surface area contributed by atoms with Crippen LogP contribution >= 0.6 is 11.8 Å². The number of hydroxylamine groups is 1. The largest absolute Gasteiger partial charge is 0.391 e. The molecule has 59 heavy (non-hydrogen) atoms. The predicted octanol–water partition coefficient (Wildman–Crippen LogP) is -3.51. The molecule has 334 valence electrons. The molecule has 2 rings (SSSR count). The number of carbonyl (C=O) groups is 9. The van der Waals surface area contributed by atoms with E-state index in [1.807, 2.05) is 11.8 Å². The van der Waals surface area contributed by atoms with Crippen LogP contribution in [-0.2, 0) is 38.4 Å². The molecular weight excluding hydrogens is 797 g/mol. The molecule has 0 spiro atoms. The predicted molar refractivity (Wildman–Crippen MR) is 213 cm³/mol. The van der Waals surface area contributed by atoms with Crippen LogP contribution in [0.4, 0.5) is 4.79 Å². The van der Waals surface area contributed by atoms with Crippen molar-refractivity contribution in [3.63, 3.8) is 0 Å². The Morgan fingerprint density at radius 1 is 0.763 bits per heavy atom. The molecule has 2 aliphatic heterocycles. The minimum atomic E-state index is -1.65. The van der Waals surface area contributed by atoms with Crippen molar-refractivity contribution in [3.05, 3.63) is 0 Å². The number of hydrogen-bond donors (Lipinski definition) is 13. The highest BCUT2D eigenvalue weighted by atomic mass is 32.2. The molecule has 2 fully saturated rings. The van der Waals surface area contributed by atoms with E-state index in [0.29, 0.717) is 37.5 Å². The maximum Gasteiger partial charge on any atom is 0.315 e. The number of urea groups is 1. The molecule has 2 heterocycles. The van der Waals surface area contributed by atoms with Crippen LogP contribution in [0, 0.1) is 11.8 Å². The van der Waals surface area contributed by atoms with Crippen molar-refractivity contribution in [1.82, 2.24) is 48.0 Å². The first-order valence-electron chi connectivity index (χ1n) is 19.8. The third kappa shape index (κ3) is 18.4. The molecule has 0 aliphatic carbocycles. The first kappa shape index (κ1) is 50.4. The zero-order chi connectivity index (χ0) is 44.2. The molecule has 0 aromatic carbocycles. The second-order valence-electron chi connectivity index (χ2n) is 15.2. The lowest BCUT2D eigenvalue weighted by Crippen LogP contribution is -2.60. The molecule has 0 saturated carbocycles. The summed E-state index contributed by atoms with van der Waals surface area (Å²) in [6, 6.07) is -4.15. The highest BCUT2D eigenvalue weighted by Gasteiger charge is 2.42. The second kappa shape index (κ2) is 25.7. The minimum absolute atomic E-state index is 0.0539. The number of amides is 10. The van der Waals surface area contributed by atoms with Crippen LogP contribution in [0.3, 0.4) is 0 Å². The number of primary amides is 1. The van der Waals surface area contributed by atoms with Crippen LogP contribution in [-0.4, -0.2) is 142 Å². The summed E-state index contributed by atoms with van der Waals surface area (Å²) in [4.78, 5) is 111. The first-order valence-corrected chi connectivity index (χ1v) is 20.9. The van der Waals surface area contributed by atoms with E-state index in [2.05, 4.69) is 42.5 Å². The summed E-state index contributed by atoms with van der Waals surface area (Å²) in [7, 11) is 0. The van der Waals surface area contributed by atoms with Crippen LogP contribution < -0.4 is 53.7 Å². The summed E-state index contributed by atoms with van der Waals surface area (Å²) in [5.74, 6) is -6.30. The lowest BCUT2D eigenvalue weighted by atomic mass is 9.92. The topological polar surface area (TPSA) is 349 Å². The molecular formula is C36H62N10O12S. The van der Waals surface area contributed by atoms with Gasteiger partial charge in [-0.2, -0.15) is 11.8 Å². The van der Waals surface area contributed by atoms with Crippen LogP contribution in [0.2, 0.25) is 0 Å². The van der Waals surface area contributed by atoms with E-state index >= 15 is 0 Å². The number of hydrogen-bond acceptors (Lipinski definition) is 13. The normalized spacial score (nSPS) is 19.9. The third-order valence-corrected chi connectivity index (χ3v) is 11.2. The average molecular weight is 859 g/mol. The summed E-state index contributed by atoms with van der Waals surface area (Å²) in [5.41, 5.74) is 6.88. The summed E-state index contributed by atoms with van der Waals surface area (Å²) < 4.78 is 0. The molecule has 0 aromatic heterocycles. The van der Waals surface area contributed by atoms with Crippen molar-refractivity contribution in [1.29, 1.82) is 0 Å². The maximum absolute atomic E-state index is 13.1. The van der Waals surface area contributed by atoms with E-state index in [0.717, 1.165) is 18.6 Å². The SMILES string of the molecule is CC(C)CC(CC(=O)NO)C(=O)N[C@H](C(=O)N[C@H](C(=O)NCC(=O)NCC(=O)N[C@@H](CCCCNC(=O)CCCC[C@@H]1SC[C@@H]2NC(=O)N[C@@H]21)C(N)=O)[C@@H](C)O)[C@@H](C)O. The number of fused-ring (bicyclic) bond motifs is 1. The lowest BCUT2D eigenvalue weighted by Gasteiger charge is -2.27. The smallest absolute Gasteiger partial charge is 0.315 e. The Bertz CT molecular complexity index is 1490. The number of nitrogens with one attached hydrogen (secondary N) is 9. The van der Waals surface area contributed by atoms with Crippen molar-refractivity contribution < 1.29 is 58.6 Å². The molecule has 0 aromatic rings. The van der Waals surface area contributed by atoms with Gasteiger partial charge in [-0.25, -0.2) is 10.3 Å². The van der Waals surface area contributed by atoms with Crippen LogP contribution in [0.25, 0.3) is 0 Å². The molecule has 22 nitrogen and oxygen atoms in total. The Morgan fingerprint density at radius 2 is 1.41 bits per heavy atom. The molecule has 1 unspecified atom stereocenters. The Hall–Kier alpha value is -4.74. The Morgan fingerprint density at radius 3 is 2.03 bits per heavy atom. The average Bonchev–Trinajstić information content (AvgIpc) is 3.72. The maximum atomic E-state index is 13.1. The highest BCUT2D eigenvalue weighted by Crippen LogP contribution is 2.33. The summed E-state index contributed by atoms with van der Waals surface area (Å²) in [6.07, 6.45) is 0.790. The first-order chi connectivity index (χ1) is 27.8. The van der Waals surface area contributed by atoms with Gasteiger partial charge in [0.15, 0.2) is 0 Å². The number of rotatable bonds is 27. The van der Waals surface area contributed by atoms with E-state index in [-0.39, 0.29) is 42.8 Å². The fraction of sp³-hybridized carbons (Fsp3) is 0.750. The summed E-state index contributed by atoms with van der Waals surface area (Å²) in [6.45, 7) is 5.05. The van der Waals surface area contributed by atoms with Crippen molar-refractivity contribution >= 4 is 65.1 Å². The van der Waals surface area contributed by atoms with Crippen LogP contribution in [0.1, 0.15) is 85.5 Å². The van der Waals surface area contributed by atoms with E-state index in [9.17, 15) is 53.4 Å². The monoisotopic (exact) mass is 858 g/mol. The van der Waals surface area contributed by atoms with Crippen LogP contribution in [0.5, 0.6) is 0 Å². The van der Waals surface area contributed by atoms with Gasteiger partial charge in [0.25, 0.3) is 0 Å². The Balaban J connectivity index is 1.71. The number of unbranched alkanes of at least 4 members (excludes halogenated alkanes) is 2. The van der Waals surface area contributed by atoms with Crippen molar-refractivity contribution in [2.45, 2.75) is 133 Å². The fourth-order valence-corrected chi connectivity index (χ4v) is 8.10. The van der Waals surface area contributed by atoms with Gasteiger partial charge in [-0.3, -0.25) is 43.6 Å². The van der Waals surface area contributed by atoms with Gasteiger partial charge in [0.05, 0.1) is 37.4 Å². The van der Waals surface area contributed by atoms with Crippen molar-refractivity contribution in [2.75, 3.05) is 25.4 Å². The number of aliphatic hydroxyl groups is 2. The van der Waals surface area contributed by atoms with Crippen LogP contribution in [0.15, 0.2) is 0 Å². The standard InChI is InChI=1S/C36H62N10O12S/c1-18(2)13-21(14-26(50)46-58)33(54)43-30(20(4)48)35(56)44-29(19(3)47)34(55)40-15-27(51)39-16-28(52)41-22(32(37)53)9-7-8-12-38-25(49)11-6-5-10-24-31-23(17-59-24)42-36(57)45-31/h18-24,29-31,47-48,58H,5-17H2,1-4H3,(H2,37,53)(H,38,49)(H,39,51)(H,40,55)(H,41,52)(H,43,54)(H,44,56)(H,46,50)(H2,42,45,57)/t19-,20-,21?,22+,23+,24+,29+,30+,31+/m1/s1. The molecule has 0 radical (unpaired) electrons.